The number of hydrogen-bond acceptors (Lipinski definition) is 2. The first-order chi connectivity index (χ1) is 10.1. The maximum absolute atomic E-state index is 11.9. The highest BCUT2D eigenvalue weighted by molar-refractivity contribution is 9.10. The number of halogens is 2. The van der Waals surface area contributed by atoms with Crippen molar-refractivity contribution >= 4 is 50.9 Å². The fraction of sp³-hybridized carbons (Fsp3) is 0.188. The van der Waals surface area contributed by atoms with Crippen molar-refractivity contribution in [1.29, 1.82) is 0 Å². The Morgan fingerprint density at radius 2 is 1.95 bits per heavy atom. The van der Waals surface area contributed by atoms with E-state index >= 15 is 0 Å². The number of nitrogens with one attached hydrogen (secondary N) is 1. The third kappa shape index (κ3) is 5.06. The van der Waals surface area contributed by atoms with Crippen LogP contribution in [0.3, 0.4) is 0 Å². The lowest BCUT2D eigenvalue weighted by atomic mass is 10.2. The van der Waals surface area contributed by atoms with Gasteiger partial charge in [-0.2, -0.15) is 0 Å². The molecule has 2 rings (SSSR count). The van der Waals surface area contributed by atoms with E-state index in [1.54, 1.807) is 11.8 Å². The summed E-state index contributed by atoms with van der Waals surface area (Å²) >= 11 is 11.0. The second-order valence-electron chi connectivity index (χ2n) is 4.58. The predicted octanol–water partition coefficient (Wildman–Crippen LogP) is 5.28. The highest BCUT2D eigenvalue weighted by Crippen LogP contribution is 2.23. The van der Waals surface area contributed by atoms with Crippen molar-refractivity contribution in [1.82, 2.24) is 0 Å². The van der Waals surface area contributed by atoms with Crippen LogP contribution in [0.4, 0.5) is 5.69 Å². The van der Waals surface area contributed by atoms with Crippen LogP contribution in [0.2, 0.25) is 5.02 Å². The summed E-state index contributed by atoms with van der Waals surface area (Å²) in [5.74, 6) is 1.22. The standard InChI is InChI=1S/C16H15BrClNOS/c1-11-14(18)3-2-4-15(11)19-16(20)10-21-9-12-5-7-13(17)8-6-12/h2-8H,9-10H2,1H3,(H,19,20). The maximum Gasteiger partial charge on any atom is 0.234 e. The normalized spacial score (nSPS) is 10.4. The topological polar surface area (TPSA) is 29.1 Å². The third-order valence-corrected chi connectivity index (χ3v) is 4.90. The van der Waals surface area contributed by atoms with Crippen LogP contribution in [0.1, 0.15) is 11.1 Å². The van der Waals surface area contributed by atoms with Gasteiger partial charge in [-0.25, -0.2) is 0 Å². The number of benzene rings is 2. The second-order valence-corrected chi connectivity index (χ2v) is 6.89. The molecule has 0 saturated carbocycles. The first-order valence-electron chi connectivity index (χ1n) is 6.43. The summed E-state index contributed by atoms with van der Waals surface area (Å²) in [7, 11) is 0. The van der Waals surface area contributed by atoms with Gasteiger partial charge < -0.3 is 5.32 Å². The zero-order chi connectivity index (χ0) is 15.2. The molecule has 21 heavy (non-hydrogen) atoms. The molecule has 0 heterocycles. The highest BCUT2D eigenvalue weighted by Gasteiger charge is 2.07. The van der Waals surface area contributed by atoms with Crippen molar-refractivity contribution in [3.63, 3.8) is 0 Å². The largest absolute Gasteiger partial charge is 0.325 e. The van der Waals surface area contributed by atoms with E-state index in [2.05, 4.69) is 33.4 Å². The summed E-state index contributed by atoms with van der Waals surface area (Å²) in [6.07, 6.45) is 0. The van der Waals surface area contributed by atoms with Crippen LogP contribution in [0.25, 0.3) is 0 Å². The van der Waals surface area contributed by atoms with E-state index in [1.807, 2.05) is 37.3 Å². The fourth-order valence-electron chi connectivity index (χ4n) is 1.77. The number of carbonyl (C=O) groups is 1. The van der Waals surface area contributed by atoms with Gasteiger partial charge in [-0.1, -0.05) is 45.7 Å². The van der Waals surface area contributed by atoms with Gasteiger partial charge in [0.05, 0.1) is 5.75 Å². The number of anilines is 1. The van der Waals surface area contributed by atoms with E-state index in [-0.39, 0.29) is 5.91 Å². The third-order valence-electron chi connectivity index (χ3n) is 2.96. The minimum Gasteiger partial charge on any atom is -0.325 e. The van der Waals surface area contributed by atoms with Crippen LogP contribution in [0.15, 0.2) is 46.9 Å². The van der Waals surface area contributed by atoms with E-state index < -0.39 is 0 Å². The minimum absolute atomic E-state index is 0.0116. The quantitative estimate of drug-likeness (QED) is 0.759. The van der Waals surface area contributed by atoms with E-state index in [1.165, 1.54) is 5.56 Å². The van der Waals surface area contributed by atoms with E-state index in [4.69, 9.17) is 11.6 Å². The van der Waals surface area contributed by atoms with Gasteiger partial charge in [-0.05, 0) is 42.3 Å². The number of rotatable bonds is 5. The molecule has 2 nitrogen and oxygen atoms in total. The van der Waals surface area contributed by atoms with Crippen LogP contribution in [-0.4, -0.2) is 11.7 Å². The molecule has 0 fully saturated rings. The molecule has 0 spiro atoms. The molecule has 0 aromatic heterocycles. The summed E-state index contributed by atoms with van der Waals surface area (Å²) in [4.78, 5) is 11.9. The first-order valence-corrected chi connectivity index (χ1v) is 8.76. The summed E-state index contributed by atoms with van der Waals surface area (Å²) in [5, 5.41) is 3.56. The molecule has 0 unspecified atom stereocenters. The molecule has 1 amide bonds. The van der Waals surface area contributed by atoms with Gasteiger partial charge in [0.25, 0.3) is 0 Å². The molecule has 0 atom stereocenters. The van der Waals surface area contributed by atoms with Gasteiger partial charge in [-0.3, -0.25) is 4.79 Å². The number of amides is 1. The van der Waals surface area contributed by atoms with Crippen molar-refractivity contribution in [3.8, 4) is 0 Å². The zero-order valence-electron chi connectivity index (χ0n) is 11.5. The molecule has 1 N–H and O–H groups in total. The Morgan fingerprint density at radius 1 is 1.24 bits per heavy atom. The van der Waals surface area contributed by atoms with Crippen molar-refractivity contribution in [2.24, 2.45) is 0 Å². The number of thioether (sulfide) groups is 1. The summed E-state index contributed by atoms with van der Waals surface area (Å²) in [6, 6.07) is 13.6. The lowest BCUT2D eigenvalue weighted by molar-refractivity contribution is -0.113. The molecule has 0 aliphatic rings. The van der Waals surface area contributed by atoms with E-state index in [9.17, 15) is 4.79 Å². The van der Waals surface area contributed by atoms with Gasteiger partial charge >= 0.3 is 0 Å². The lowest BCUT2D eigenvalue weighted by Gasteiger charge is -2.09. The Bertz CT molecular complexity index is 631. The molecule has 0 saturated heterocycles. The van der Waals surface area contributed by atoms with Gasteiger partial charge in [0.1, 0.15) is 0 Å². The summed E-state index contributed by atoms with van der Waals surface area (Å²) in [5.41, 5.74) is 2.87. The molecule has 0 aliphatic heterocycles. The van der Waals surface area contributed by atoms with E-state index in [0.717, 1.165) is 21.5 Å². The van der Waals surface area contributed by atoms with Crippen molar-refractivity contribution < 1.29 is 4.79 Å². The molecule has 0 bridgehead atoms. The Balaban J connectivity index is 1.82. The average Bonchev–Trinajstić information content (AvgIpc) is 2.46. The molecule has 110 valence electrons. The fourth-order valence-corrected chi connectivity index (χ4v) is 3.00. The Hall–Kier alpha value is -0.970. The minimum atomic E-state index is -0.0116. The molecule has 2 aromatic rings. The maximum atomic E-state index is 11.9. The van der Waals surface area contributed by atoms with Gasteiger partial charge in [-0.15, -0.1) is 11.8 Å². The lowest BCUT2D eigenvalue weighted by Crippen LogP contribution is -2.15. The smallest absolute Gasteiger partial charge is 0.234 e. The molecule has 5 heteroatoms. The number of hydrogen-bond donors (Lipinski definition) is 1. The average molecular weight is 385 g/mol. The van der Waals surface area contributed by atoms with Gasteiger partial charge in [0.2, 0.25) is 5.91 Å². The predicted molar refractivity (Wildman–Crippen MR) is 95.1 cm³/mol. The van der Waals surface area contributed by atoms with Crippen LogP contribution in [0.5, 0.6) is 0 Å². The van der Waals surface area contributed by atoms with E-state index in [0.29, 0.717) is 10.8 Å². The summed E-state index contributed by atoms with van der Waals surface area (Å²) < 4.78 is 1.06. The van der Waals surface area contributed by atoms with Crippen molar-refractivity contribution in [2.75, 3.05) is 11.1 Å². The molecule has 0 aliphatic carbocycles. The van der Waals surface area contributed by atoms with Crippen LogP contribution >= 0.6 is 39.3 Å². The molecule has 2 aromatic carbocycles. The van der Waals surface area contributed by atoms with Crippen LogP contribution in [0, 0.1) is 6.92 Å². The van der Waals surface area contributed by atoms with Gasteiger partial charge in [0.15, 0.2) is 0 Å². The van der Waals surface area contributed by atoms with Gasteiger partial charge in [0, 0.05) is 20.9 Å². The Labute approximate surface area is 142 Å². The first kappa shape index (κ1) is 16.4. The second kappa shape index (κ2) is 7.87. The zero-order valence-corrected chi connectivity index (χ0v) is 14.7. The molecular formula is C16H15BrClNOS. The molecular weight excluding hydrogens is 370 g/mol. The van der Waals surface area contributed by atoms with Crippen molar-refractivity contribution in [2.45, 2.75) is 12.7 Å². The Kier molecular flexibility index (Phi) is 6.15. The van der Waals surface area contributed by atoms with Crippen LogP contribution < -0.4 is 5.32 Å². The van der Waals surface area contributed by atoms with Crippen molar-refractivity contribution in [3.05, 3.63) is 63.1 Å². The summed E-state index contributed by atoms with van der Waals surface area (Å²) in [6.45, 7) is 1.90. The Morgan fingerprint density at radius 3 is 2.67 bits per heavy atom. The van der Waals surface area contributed by atoms with Crippen LogP contribution in [-0.2, 0) is 10.5 Å². The monoisotopic (exact) mass is 383 g/mol. The highest BCUT2D eigenvalue weighted by atomic mass is 79.9. The number of carbonyl (C=O) groups excluding carboxylic acids is 1. The molecule has 0 radical (unpaired) electrons. The SMILES string of the molecule is Cc1c(Cl)cccc1NC(=O)CSCc1ccc(Br)cc1.